The molecule has 0 aliphatic heterocycles. The van der Waals surface area contributed by atoms with Crippen molar-refractivity contribution in [3.63, 3.8) is 0 Å². The molecule has 0 aliphatic rings. The van der Waals surface area contributed by atoms with Crippen LogP contribution >= 0.6 is 0 Å². The van der Waals surface area contributed by atoms with Crippen molar-refractivity contribution in [2.75, 3.05) is 17.1 Å². The molecule has 0 bridgehead atoms. The first-order valence-electron chi connectivity index (χ1n) is 5.58. The molecule has 0 amide bonds. The number of hydrogen-bond acceptors (Lipinski definition) is 6. The van der Waals surface area contributed by atoms with Crippen LogP contribution in [0.15, 0.2) is 41.6 Å². The van der Waals surface area contributed by atoms with E-state index in [9.17, 15) is 8.42 Å². The minimum Gasteiger partial charge on any atom is -0.357 e. The van der Waals surface area contributed by atoms with Crippen molar-refractivity contribution in [1.82, 2.24) is 9.97 Å². The Morgan fingerprint density at radius 2 is 1.75 bits per heavy atom. The molecule has 0 atom stereocenters. The van der Waals surface area contributed by atoms with Crippen molar-refractivity contribution < 1.29 is 8.42 Å². The maximum Gasteiger partial charge on any atom is 0.264 e. The van der Waals surface area contributed by atoms with Gasteiger partial charge in [-0.25, -0.2) is 18.4 Å². The Morgan fingerprint density at radius 3 is 2.25 bits per heavy atom. The standard InChI is InChI=1S/C12H11N5O2S/c1-14-12-15-7-11(8-16-12)20(18,19)17-10-4-2-9(6-13)3-5-10/h2-5,7-8,17H,1H3,(H,14,15,16). The monoisotopic (exact) mass is 289 g/mol. The van der Waals surface area contributed by atoms with Crippen molar-refractivity contribution in [3.05, 3.63) is 42.2 Å². The molecule has 20 heavy (non-hydrogen) atoms. The first-order chi connectivity index (χ1) is 9.55. The summed E-state index contributed by atoms with van der Waals surface area (Å²) in [5.74, 6) is 0.335. The predicted molar refractivity (Wildman–Crippen MR) is 73.5 cm³/mol. The molecule has 8 heteroatoms. The highest BCUT2D eigenvalue weighted by Gasteiger charge is 2.15. The van der Waals surface area contributed by atoms with Crippen molar-refractivity contribution in [2.24, 2.45) is 0 Å². The molecule has 0 unspecified atom stereocenters. The third kappa shape index (κ3) is 3.02. The van der Waals surface area contributed by atoms with Crippen molar-refractivity contribution in [2.45, 2.75) is 4.90 Å². The number of anilines is 2. The first-order valence-corrected chi connectivity index (χ1v) is 7.06. The van der Waals surface area contributed by atoms with E-state index >= 15 is 0 Å². The third-order valence-corrected chi connectivity index (χ3v) is 3.76. The number of benzene rings is 1. The van der Waals surface area contributed by atoms with Gasteiger partial charge in [0.2, 0.25) is 5.95 Å². The summed E-state index contributed by atoms with van der Waals surface area (Å²) in [4.78, 5) is 7.66. The molecule has 7 nitrogen and oxygen atoms in total. The minimum absolute atomic E-state index is 0.0409. The normalized spacial score (nSPS) is 10.6. The van der Waals surface area contributed by atoms with Gasteiger partial charge in [0.25, 0.3) is 10.0 Å². The molecule has 0 radical (unpaired) electrons. The van der Waals surface area contributed by atoms with E-state index in [-0.39, 0.29) is 4.90 Å². The first kappa shape index (κ1) is 13.8. The molecule has 0 fully saturated rings. The summed E-state index contributed by atoms with van der Waals surface area (Å²) >= 11 is 0. The highest BCUT2D eigenvalue weighted by molar-refractivity contribution is 7.92. The van der Waals surface area contributed by atoms with Crippen molar-refractivity contribution in [1.29, 1.82) is 5.26 Å². The Bertz CT molecular complexity index is 733. The van der Waals surface area contributed by atoms with Gasteiger partial charge in [-0.05, 0) is 24.3 Å². The number of nitriles is 1. The molecule has 1 aromatic carbocycles. The van der Waals surface area contributed by atoms with E-state index in [1.165, 1.54) is 36.7 Å². The zero-order valence-electron chi connectivity index (χ0n) is 10.5. The van der Waals surface area contributed by atoms with Gasteiger partial charge in [0.05, 0.1) is 24.0 Å². The molecule has 0 saturated heterocycles. The van der Waals surface area contributed by atoms with Gasteiger partial charge < -0.3 is 5.32 Å². The second-order valence-electron chi connectivity index (χ2n) is 3.79. The van der Waals surface area contributed by atoms with Crippen LogP contribution in [0, 0.1) is 11.3 Å². The van der Waals surface area contributed by atoms with Gasteiger partial charge in [0.1, 0.15) is 4.90 Å². The average molecular weight is 289 g/mol. The SMILES string of the molecule is CNc1ncc(S(=O)(=O)Nc2ccc(C#N)cc2)cn1. The van der Waals surface area contributed by atoms with Gasteiger partial charge in [-0.1, -0.05) is 0 Å². The van der Waals surface area contributed by atoms with Crippen molar-refractivity contribution in [3.8, 4) is 6.07 Å². The van der Waals surface area contributed by atoms with Crippen molar-refractivity contribution >= 4 is 21.7 Å². The Labute approximate surface area is 116 Å². The van der Waals surface area contributed by atoms with Gasteiger partial charge in [-0.3, -0.25) is 4.72 Å². The zero-order chi connectivity index (χ0) is 14.6. The quantitative estimate of drug-likeness (QED) is 0.875. The highest BCUT2D eigenvalue weighted by atomic mass is 32.2. The molecule has 2 aromatic rings. The van der Waals surface area contributed by atoms with E-state index in [4.69, 9.17) is 5.26 Å². The molecule has 0 spiro atoms. The van der Waals surface area contributed by atoms with E-state index in [2.05, 4.69) is 20.0 Å². The molecule has 1 aromatic heterocycles. The fourth-order valence-corrected chi connectivity index (χ4v) is 2.36. The van der Waals surface area contributed by atoms with Crippen LogP contribution < -0.4 is 10.0 Å². The van der Waals surface area contributed by atoms with Gasteiger partial charge in [-0.15, -0.1) is 0 Å². The zero-order valence-corrected chi connectivity index (χ0v) is 11.3. The molecule has 0 aliphatic carbocycles. The molecule has 2 N–H and O–H groups in total. The molecule has 1 heterocycles. The lowest BCUT2D eigenvalue weighted by molar-refractivity contribution is 0.600. The predicted octanol–water partition coefficient (Wildman–Crippen LogP) is 1.19. The lowest BCUT2D eigenvalue weighted by atomic mass is 10.2. The van der Waals surface area contributed by atoms with E-state index in [1.807, 2.05) is 6.07 Å². The number of hydrogen-bond donors (Lipinski definition) is 2. The topological polar surface area (TPSA) is 108 Å². The molecular formula is C12H11N5O2S. The highest BCUT2D eigenvalue weighted by Crippen LogP contribution is 2.15. The van der Waals surface area contributed by atoms with Crippen LogP contribution in [-0.4, -0.2) is 25.4 Å². The van der Waals surface area contributed by atoms with Crippen LogP contribution in [0.5, 0.6) is 0 Å². The summed E-state index contributed by atoms with van der Waals surface area (Å²) in [5.41, 5.74) is 0.816. The lowest BCUT2D eigenvalue weighted by Gasteiger charge is -2.07. The smallest absolute Gasteiger partial charge is 0.264 e. The summed E-state index contributed by atoms with van der Waals surface area (Å²) in [6.07, 6.45) is 2.43. The second kappa shape index (κ2) is 5.54. The maximum atomic E-state index is 12.1. The van der Waals surface area contributed by atoms with Crippen LogP contribution in [0.1, 0.15) is 5.56 Å². The Balaban J connectivity index is 2.23. The van der Waals surface area contributed by atoms with E-state index in [0.717, 1.165) is 0 Å². The Morgan fingerprint density at radius 1 is 1.15 bits per heavy atom. The van der Waals surface area contributed by atoms with Gasteiger partial charge in [-0.2, -0.15) is 5.26 Å². The van der Waals surface area contributed by atoms with Crippen LogP contribution in [0.3, 0.4) is 0 Å². The Hall–Kier alpha value is -2.66. The van der Waals surface area contributed by atoms with Gasteiger partial charge >= 0.3 is 0 Å². The lowest BCUT2D eigenvalue weighted by Crippen LogP contribution is -2.14. The Kier molecular flexibility index (Phi) is 3.81. The van der Waals surface area contributed by atoms with E-state index < -0.39 is 10.0 Å². The molecule has 0 saturated carbocycles. The fourth-order valence-electron chi connectivity index (χ4n) is 1.41. The molecule has 2 rings (SSSR count). The summed E-state index contributed by atoms with van der Waals surface area (Å²) in [5, 5.41) is 11.4. The van der Waals surface area contributed by atoms with E-state index in [0.29, 0.717) is 17.2 Å². The number of nitrogens with zero attached hydrogens (tertiary/aromatic N) is 3. The second-order valence-corrected chi connectivity index (χ2v) is 5.47. The average Bonchev–Trinajstić information content (AvgIpc) is 2.48. The summed E-state index contributed by atoms with van der Waals surface area (Å²) in [6, 6.07) is 8.04. The molecular weight excluding hydrogens is 278 g/mol. The number of sulfonamides is 1. The van der Waals surface area contributed by atoms with Crippen LogP contribution in [-0.2, 0) is 10.0 Å². The molecule has 102 valence electrons. The largest absolute Gasteiger partial charge is 0.357 e. The van der Waals surface area contributed by atoms with Crippen LogP contribution in [0.2, 0.25) is 0 Å². The van der Waals surface area contributed by atoms with Gasteiger partial charge in [0, 0.05) is 12.7 Å². The summed E-state index contributed by atoms with van der Waals surface area (Å²) in [6.45, 7) is 0. The number of aromatic nitrogens is 2. The summed E-state index contributed by atoms with van der Waals surface area (Å²) in [7, 11) is -2.11. The third-order valence-electron chi connectivity index (χ3n) is 2.43. The summed E-state index contributed by atoms with van der Waals surface area (Å²) < 4.78 is 26.5. The van der Waals surface area contributed by atoms with Crippen LogP contribution in [0.25, 0.3) is 0 Å². The van der Waals surface area contributed by atoms with Gasteiger partial charge in [0.15, 0.2) is 0 Å². The number of rotatable bonds is 4. The van der Waals surface area contributed by atoms with Crippen LogP contribution in [0.4, 0.5) is 11.6 Å². The minimum atomic E-state index is -3.74. The fraction of sp³-hybridized carbons (Fsp3) is 0.0833. The maximum absolute atomic E-state index is 12.1. The van der Waals surface area contributed by atoms with E-state index in [1.54, 1.807) is 7.05 Å². The number of nitrogens with one attached hydrogen (secondary N) is 2.